The predicted molar refractivity (Wildman–Crippen MR) is 89.4 cm³/mol. The molecule has 0 fully saturated rings. The van der Waals surface area contributed by atoms with Crippen molar-refractivity contribution in [2.75, 3.05) is 0 Å². The molecule has 0 N–H and O–H groups in total. The van der Waals surface area contributed by atoms with Gasteiger partial charge in [0, 0.05) is 15.4 Å². The van der Waals surface area contributed by atoms with Crippen LogP contribution in [0.25, 0.3) is 22.2 Å². The van der Waals surface area contributed by atoms with E-state index in [1.165, 1.54) is 0 Å². The molecule has 1 nitrogen and oxygen atoms in total. The molecule has 20 heavy (non-hydrogen) atoms. The van der Waals surface area contributed by atoms with E-state index in [9.17, 15) is 0 Å². The fraction of sp³-hybridized carbons (Fsp3) is 0.118. The van der Waals surface area contributed by atoms with Crippen LogP contribution in [0.3, 0.4) is 0 Å². The Labute approximate surface area is 131 Å². The van der Waals surface area contributed by atoms with E-state index in [1.54, 1.807) is 0 Å². The van der Waals surface area contributed by atoms with Crippen LogP contribution in [0, 0.1) is 13.8 Å². The van der Waals surface area contributed by atoms with Crippen LogP contribution in [0.1, 0.15) is 11.1 Å². The van der Waals surface area contributed by atoms with E-state index in [0.29, 0.717) is 0 Å². The van der Waals surface area contributed by atoms with Gasteiger partial charge in [-0.2, -0.15) is 0 Å². The number of fused-ring (bicyclic) bond motifs is 1. The van der Waals surface area contributed by atoms with Crippen LogP contribution in [-0.4, -0.2) is 4.98 Å². The zero-order valence-corrected chi connectivity index (χ0v) is 13.6. The van der Waals surface area contributed by atoms with Gasteiger partial charge in [-0.05, 0) is 40.9 Å². The van der Waals surface area contributed by atoms with Crippen LogP contribution in [0.2, 0.25) is 5.02 Å². The number of benzene rings is 2. The Morgan fingerprint density at radius 3 is 2.40 bits per heavy atom. The van der Waals surface area contributed by atoms with Gasteiger partial charge in [-0.15, -0.1) is 0 Å². The van der Waals surface area contributed by atoms with Crippen molar-refractivity contribution in [2.45, 2.75) is 13.8 Å². The van der Waals surface area contributed by atoms with Gasteiger partial charge in [-0.25, -0.2) is 4.98 Å². The Morgan fingerprint density at radius 1 is 1.00 bits per heavy atom. The van der Waals surface area contributed by atoms with Crippen molar-refractivity contribution in [2.24, 2.45) is 0 Å². The topological polar surface area (TPSA) is 12.9 Å². The van der Waals surface area contributed by atoms with E-state index < -0.39 is 0 Å². The number of rotatable bonds is 1. The van der Waals surface area contributed by atoms with Gasteiger partial charge in [-0.1, -0.05) is 54.1 Å². The normalized spacial score (nSPS) is 11.0. The Balaban J connectivity index is 2.40. The van der Waals surface area contributed by atoms with Gasteiger partial charge in [0.1, 0.15) is 0 Å². The zero-order chi connectivity index (χ0) is 14.3. The third-order valence-electron chi connectivity index (χ3n) is 3.50. The molecule has 0 radical (unpaired) electrons. The highest BCUT2D eigenvalue weighted by molar-refractivity contribution is 9.10. The Hall–Kier alpha value is -1.38. The highest BCUT2D eigenvalue weighted by Gasteiger charge is 2.14. The van der Waals surface area contributed by atoms with E-state index in [4.69, 9.17) is 16.6 Å². The largest absolute Gasteiger partial charge is 0.246 e. The Kier molecular flexibility index (Phi) is 3.53. The lowest BCUT2D eigenvalue weighted by atomic mass is 10.0. The van der Waals surface area contributed by atoms with Crippen LogP contribution in [0.15, 0.2) is 46.9 Å². The molecule has 0 saturated carbocycles. The quantitative estimate of drug-likeness (QED) is 0.532. The van der Waals surface area contributed by atoms with Gasteiger partial charge in [0.25, 0.3) is 0 Å². The van der Waals surface area contributed by atoms with Gasteiger partial charge in [0.05, 0.1) is 16.2 Å². The average molecular weight is 347 g/mol. The van der Waals surface area contributed by atoms with Crippen molar-refractivity contribution in [3.63, 3.8) is 0 Å². The van der Waals surface area contributed by atoms with Crippen molar-refractivity contribution >= 4 is 38.4 Å². The molecule has 3 aromatic rings. The van der Waals surface area contributed by atoms with E-state index in [-0.39, 0.29) is 0 Å². The second-order valence-electron chi connectivity index (χ2n) is 4.86. The Morgan fingerprint density at radius 2 is 1.70 bits per heavy atom. The number of aromatic nitrogens is 1. The SMILES string of the molecule is Cc1ccc2c(Cl)c(C)c(-c3ccccc3)nc2c1Br. The Bertz CT molecular complexity index is 797. The lowest BCUT2D eigenvalue weighted by molar-refractivity contribution is 1.31. The molecule has 1 heterocycles. The van der Waals surface area contributed by atoms with Crippen molar-refractivity contribution in [1.82, 2.24) is 4.98 Å². The first-order chi connectivity index (χ1) is 9.59. The average Bonchev–Trinajstić information content (AvgIpc) is 2.47. The second-order valence-corrected chi connectivity index (χ2v) is 6.03. The second kappa shape index (κ2) is 5.19. The summed E-state index contributed by atoms with van der Waals surface area (Å²) >= 11 is 10.2. The summed E-state index contributed by atoms with van der Waals surface area (Å²) in [6.07, 6.45) is 0. The molecule has 0 aliphatic rings. The maximum Gasteiger partial charge on any atom is 0.0869 e. The number of pyridine rings is 1. The van der Waals surface area contributed by atoms with Crippen LogP contribution >= 0.6 is 27.5 Å². The van der Waals surface area contributed by atoms with E-state index in [2.05, 4.69) is 41.1 Å². The maximum atomic E-state index is 6.54. The number of nitrogens with zero attached hydrogens (tertiary/aromatic N) is 1. The first kappa shape index (κ1) is 13.6. The van der Waals surface area contributed by atoms with Crippen molar-refractivity contribution in [3.05, 3.63) is 63.1 Å². The number of aryl methyl sites for hydroxylation is 1. The number of hydrogen-bond donors (Lipinski definition) is 0. The maximum absolute atomic E-state index is 6.54. The van der Waals surface area contributed by atoms with Crippen LogP contribution in [0.5, 0.6) is 0 Å². The molecule has 0 aliphatic carbocycles. The lowest BCUT2D eigenvalue weighted by Crippen LogP contribution is -1.94. The molecule has 100 valence electrons. The van der Waals surface area contributed by atoms with Crippen molar-refractivity contribution in [3.8, 4) is 11.3 Å². The smallest absolute Gasteiger partial charge is 0.0869 e. The molecule has 0 saturated heterocycles. The minimum Gasteiger partial charge on any atom is -0.246 e. The summed E-state index contributed by atoms with van der Waals surface area (Å²) in [4.78, 5) is 4.83. The van der Waals surface area contributed by atoms with Gasteiger partial charge in [-0.3, -0.25) is 0 Å². The van der Waals surface area contributed by atoms with E-state index >= 15 is 0 Å². The molecule has 0 spiro atoms. The third-order valence-corrected chi connectivity index (χ3v) is 4.99. The molecule has 3 rings (SSSR count). The predicted octanol–water partition coefficient (Wildman–Crippen LogP) is 5.93. The third kappa shape index (κ3) is 2.13. The molecule has 3 heteroatoms. The molecule has 0 unspecified atom stereocenters. The van der Waals surface area contributed by atoms with Crippen LogP contribution in [0.4, 0.5) is 0 Å². The summed E-state index contributed by atoms with van der Waals surface area (Å²) in [5.74, 6) is 0. The fourth-order valence-corrected chi connectivity index (χ4v) is 3.01. The van der Waals surface area contributed by atoms with E-state index in [1.807, 2.05) is 31.2 Å². The summed E-state index contributed by atoms with van der Waals surface area (Å²) in [6, 6.07) is 14.2. The monoisotopic (exact) mass is 345 g/mol. The van der Waals surface area contributed by atoms with Gasteiger partial charge in [0.2, 0.25) is 0 Å². The van der Waals surface area contributed by atoms with Gasteiger partial charge in [0.15, 0.2) is 0 Å². The molecule has 0 bridgehead atoms. The fourth-order valence-electron chi connectivity index (χ4n) is 2.33. The summed E-state index contributed by atoms with van der Waals surface area (Å²) in [7, 11) is 0. The first-order valence-corrected chi connectivity index (χ1v) is 7.57. The molecule has 0 atom stereocenters. The molecular weight excluding hydrogens is 334 g/mol. The molecule has 0 aliphatic heterocycles. The highest BCUT2D eigenvalue weighted by Crippen LogP contribution is 2.36. The lowest BCUT2D eigenvalue weighted by Gasteiger charge is -2.12. The summed E-state index contributed by atoms with van der Waals surface area (Å²) in [5.41, 5.74) is 5.11. The minimum absolute atomic E-state index is 0.773. The summed E-state index contributed by atoms with van der Waals surface area (Å²) < 4.78 is 1.01. The molecule has 2 aromatic carbocycles. The summed E-state index contributed by atoms with van der Waals surface area (Å²) in [6.45, 7) is 4.08. The molecule has 0 amide bonds. The highest BCUT2D eigenvalue weighted by atomic mass is 79.9. The van der Waals surface area contributed by atoms with Gasteiger partial charge < -0.3 is 0 Å². The summed E-state index contributed by atoms with van der Waals surface area (Å²) in [5, 5.41) is 1.76. The molecule has 1 aromatic heterocycles. The van der Waals surface area contributed by atoms with Crippen LogP contribution < -0.4 is 0 Å². The van der Waals surface area contributed by atoms with Gasteiger partial charge >= 0.3 is 0 Å². The van der Waals surface area contributed by atoms with Crippen molar-refractivity contribution in [1.29, 1.82) is 0 Å². The first-order valence-electron chi connectivity index (χ1n) is 6.40. The van der Waals surface area contributed by atoms with Crippen molar-refractivity contribution < 1.29 is 0 Å². The zero-order valence-electron chi connectivity index (χ0n) is 11.2. The van der Waals surface area contributed by atoms with Crippen LogP contribution in [-0.2, 0) is 0 Å². The standard InChI is InChI=1S/C17H13BrClN/c1-10-8-9-13-15(19)11(2)16(20-17(13)14(10)18)12-6-4-3-5-7-12/h3-9H,1-2H3. The number of hydrogen-bond acceptors (Lipinski definition) is 1. The number of halogens is 2. The van der Waals surface area contributed by atoms with E-state index in [0.717, 1.165) is 42.8 Å². The molecular formula is C17H13BrClN. The minimum atomic E-state index is 0.773.